The van der Waals surface area contributed by atoms with E-state index in [2.05, 4.69) is 31.7 Å². The van der Waals surface area contributed by atoms with E-state index in [1.165, 1.54) is 17.1 Å². The van der Waals surface area contributed by atoms with E-state index >= 15 is 0 Å². The van der Waals surface area contributed by atoms with Gasteiger partial charge in [-0.25, -0.2) is 4.98 Å². The minimum Gasteiger partial charge on any atom is -0.383 e. The lowest BCUT2D eigenvalue weighted by atomic mass is 9.96. The summed E-state index contributed by atoms with van der Waals surface area (Å²) in [7, 11) is 1.64. The van der Waals surface area contributed by atoms with E-state index < -0.39 is 0 Å². The summed E-state index contributed by atoms with van der Waals surface area (Å²) in [6.45, 7) is 2.83. The van der Waals surface area contributed by atoms with Gasteiger partial charge in [0.05, 0.1) is 6.61 Å². The Balaban J connectivity index is 1.49. The molecule has 1 fully saturated rings. The van der Waals surface area contributed by atoms with Crippen molar-refractivity contribution in [3.63, 3.8) is 0 Å². The van der Waals surface area contributed by atoms with Crippen molar-refractivity contribution in [1.29, 1.82) is 0 Å². The summed E-state index contributed by atoms with van der Waals surface area (Å²) in [5.41, 5.74) is 1.22. The van der Waals surface area contributed by atoms with Crippen LogP contribution in [0.5, 0.6) is 0 Å². The van der Waals surface area contributed by atoms with Crippen LogP contribution < -0.4 is 10.2 Å². The number of methoxy groups -OCH3 is 1. The smallest absolute Gasteiger partial charge is 0.223 e. The number of anilines is 1. The molecule has 1 aromatic heterocycles. The summed E-state index contributed by atoms with van der Waals surface area (Å²) in [5.74, 6) is 1.09. The number of nitrogens with one attached hydrogen (secondary N) is 1. The van der Waals surface area contributed by atoms with Crippen molar-refractivity contribution in [1.82, 2.24) is 14.7 Å². The Morgan fingerprint density at radius 3 is 2.80 bits per heavy atom. The lowest BCUT2D eigenvalue weighted by Gasteiger charge is -2.30. The summed E-state index contributed by atoms with van der Waals surface area (Å²) >= 11 is 1.45. The molecule has 1 aliphatic heterocycles. The number of hydrogen-bond donors (Lipinski definition) is 1. The second-order valence-electron chi connectivity index (χ2n) is 6.20. The molecule has 1 saturated heterocycles. The third-order valence-corrected chi connectivity index (χ3v) is 5.22. The molecule has 0 spiro atoms. The molecule has 0 bridgehead atoms. The van der Waals surface area contributed by atoms with Crippen LogP contribution in [0.1, 0.15) is 24.2 Å². The molecule has 1 N–H and O–H groups in total. The Hall–Kier alpha value is -1.99. The molecule has 2 aromatic rings. The van der Waals surface area contributed by atoms with Gasteiger partial charge < -0.3 is 15.0 Å². The first-order valence-electron chi connectivity index (χ1n) is 8.64. The van der Waals surface area contributed by atoms with Gasteiger partial charge in [0.1, 0.15) is 5.82 Å². The van der Waals surface area contributed by atoms with Gasteiger partial charge in [-0.15, -0.1) is 0 Å². The van der Waals surface area contributed by atoms with Crippen LogP contribution in [-0.2, 0) is 16.0 Å². The fourth-order valence-electron chi connectivity index (χ4n) is 2.98. The first-order valence-corrected chi connectivity index (χ1v) is 9.41. The maximum atomic E-state index is 12.1. The minimum absolute atomic E-state index is 0.0878. The number of ether oxygens (including phenoxy) is 1. The van der Waals surface area contributed by atoms with E-state index in [1.54, 1.807) is 7.11 Å². The summed E-state index contributed by atoms with van der Waals surface area (Å²) in [4.78, 5) is 19.0. The number of nitrogens with zero attached hydrogens (tertiary/aromatic N) is 3. The van der Waals surface area contributed by atoms with Gasteiger partial charge in [-0.2, -0.15) is 4.37 Å². The molecule has 0 unspecified atom stereocenters. The SMILES string of the molecule is COCCNC(=O)C1CCN(c2nc(Cc3ccccc3)ns2)CC1. The number of carbonyl (C=O) groups excluding carboxylic acids is 1. The molecule has 0 saturated carbocycles. The highest BCUT2D eigenvalue weighted by Crippen LogP contribution is 2.25. The zero-order valence-electron chi connectivity index (χ0n) is 14.5. The van der Waals surface area contributed by atoms with Crippen molar-refractivity contribution in [3.05, 3.63) is 41.7 Å². The second-order valence-corrected chi connectivity index (χ2v) is 6.93. The third kappa shape index (κ3) is 4.99. The number of rotatable bonds is 7. The quantitative estimate of drug-likeness (QED) is 0.766. The van der Waals surface area contributed by atoms with Gasteiger partial charge in [-0.3, -0.25) is 4.79 Å². The Morgan fingerprint density at radius 2 is 2.08 bits per heavy atom. The molecule has 0 aliphatic carbocycles. The van der Waals surface area contributed by atoms with E-state index in [4.69, 9.17) is 4.74 Å². The maximum absolute atomic E-state index is 12.1. The van der Waals surface area contributed by atoms with Crippen LogP contribution in [0, 0.1) is 5.92 Å². The van der Waals surface area contributed by atoms with Crippen LogP contribution in [-0.4, -0.2) is 48.6 Å². The van der Waals surface area contributed by atoms with Gasteiger partial charge in [0.15, 0.2) is 0 Å². The van der Waals surface area contributed by atoms with Crippen LogP contribution in [0.3, 0.4) is 0 Å². The highest BCUT2D eigenvalue weighted by molar-refractivity contribution is 7.09. The van der Waals surface area contributed by atoms with Crippen molar-refractivity contribution >= 4 is 22.6 Å². The molecule has 1 aromatic carbocycles. The first-order chi connectivity index (χ1) is 12.3. The minimum atomic E-state index is 0.0878. The van der Waals surface area contributed by atoms with Gasteiger partial charge in [-0.05, 0) is 18.4 Å². The van der Waals surface area contributed by atoms with Crippen LogP contribution in [0.25, 0.3) is 0 Å². The second kappa shape index (κ2) is 8.92. The van der Waals surface area contributed by atoms with Crippen molar-refractivity contribution in [3.8, 4) is 0 Å². The highest BCUT2D eigenvalue weighted by Gasteiger charge is 2.26. The normalized spacial score (nSPS) is 15.3. The predicted octanol–water partition coefficient (Wildman–Crippen LogP) is 2.11. The van der Waals surface area contributed by atoms with Gasteiger partial charge in [0.2, 0.25) is 11.0 Å². The summed E-state index contributed by atoms with van der Waals surface area (Å²) in [6, 6.07) is 10.3. The van der Waals surface area contributed by atoms with Crippen molar-refractivity contribution in [2.75, 3.05) is 38.3 Å². The number of amides is 1. The van der Waals surface area contributed by atoms with Gasteiger partial charge in [0.25, 0.3) is 0 Å². The summed E-state index contributed by atoms with van der Waals surface area (Å²) < 4.78 is 9.45. The van der Waals surface area contributed by atoms with E-state index in [-0.39, 0.29) is 11.8 Å². The number of carbonyl (C=O) groups is 1. The van der Waals surface area contributed by atoms with E-state index in [0.717, 1.165) is 43.3 Å². The van der Waals surface area contributed by atoms with E-state index in [1.807, 2.05) is 18.2 Å². The number of hydrogen-bond acceptors (Lipinski definition) is 6. The molecule has 0 radical (unpaired) electrons. The lowest BCUT2D eigenvalue weighted by Crippen LogP contribution is -2.41. The monoisotopic (exact) mass is 360 g/mol. The summed E-state index contributed by atoms with van der Waals surface area (Å²) in [5, 5.41) is 3.89. The van der Waals surface area contributed by atoms with Crippen molar-refractivity contribution in [2.45, 2.75) is 19.3 Å². The molecule has 2 heterocycles. The van der Waals surface area contributed by atoms with E-state index in [0.29, 0.717) is 13.2 Å². The zero-order chi connectivity index (χ0) is 17.5. The third-order valence-electron chi connectivity index (χ3n) is 4.40. The van der Waals surface area contributed by atoms with Crippen molar-refractivity contribution < 1.29 is 9.53 Å². The number of aromatic nitrogens is 2. The molecular weight excluding hydrogens is 336 g/mol. The molecule has 7 heteroatoms. The Morgan fingerprint density at radius 1 is 1.32 bits per heavy atom. The molecule has 25 heavy (non-hydrogen) atoms. The Labute approximate surface area is 152 Å². The van der Waals surface area contributed by atoms with E-state index in [9.17, 15) is 4.79 Å². The first kappa shape index (κ1) is 17.8. The molecule has 6 nitrogen and oxygen atoms in total. The highest BCUT2D eigenvalue weighted by atomic mass is 32.1. The van der Waals surface area contributed by atoms with Gasteiger partial charge >= 0.3 is 0 Å². The molecular formula is C18H24N4O2S. The lowest BCUT2D eigenvalue weighted by molar-refractivity contribution is -0.125. The molecule has 3 rings (SSSR count). The number of piperidine rings is 1. The van der Waals surface area contributed by atoms with Crippen LogP contribution in [0.15, 0.2) is 30.3 Å². The molecule has 0 atom stereocenters. The summed E-state index contributed by atoms with van der Waals surface area (Å²) in [6.07, 6.45) is 2.47. The van der Waals surface area contributed by atoms with Gasteiger partial charge in [-0.1, -0.05) is 30.3 Å². The molecule has 134 valence electrons. The number of benzene rings is 1. The van der Waals surface area contributed by atoms with Crippen molar-refractivity contribution in [2.24, 2.45) is 5.92 Å². The molecule has 1 amide bonds. The average molecular weight is 360 g/mol. The average Bonchev–Trinajstić information content (AvgIpc) is 3.11. The fraction of sp³-hybridized carbons (Fsp3) is 0.500. The predicted molar refractivity (Wildman–Crippen MR) is 99.0 cm³/mol. The zero-order valence-corrected chi connectivity index (χ0v) is 15.3. The Bertz CT molecular complexity index is 669. The maximum Gasteiger partial charge on any atom is 0.223 e. The largest absolute Gasteiger partial charge is 0.383 e. The van der Waals surface area contributed by atoms with Crippen LogP contribution >= 0.6 is 11.5 Å². The van der Waals surface area contributed by atoms with Crippen LogP contribution in [0.4, 0.5) is 5.13 Å². The van der Waals surface area contributed by atoms with Crippen LogP contribution in [0.2, 0.25) is 0 Å². The van der Waals surface area contributed by atoms with Gasteiger partial charge in [0, 0.05) is 50.6 Å². The topological polar surface area (TPSA) is 67.3 Å². The Kier molecular flexibility index (Phi) is 6.36. The standard InChI is InChI=1S/C18H24N4O2S/c1-24-12-9-19-17(23)15-7-10-22(11-8-15)18-20-16(21-25-18)13-14-5-3-2-4-6-14/h2-6,15H,7-13H2,1H3,(H,19,23). The fourth-order valence-corrected chi connectivity index (χ4v) is 3.71. The molecule has 1 aliphatic rings.